The zero-order valence-electron chi connectivity index (χ0n) is 18.2. The van der Waals surface area contributed by atoms with Crippen molar-refractivity contribution in [2.24, 2.45) is 0 Å². The van der Waals surface area contributed by atoms with Gasteiger partial charge in [0.15, 0.2) is 17.3 Å². The summed E-state index contributed by atoms with van der Waals surface area (Å²) in [5.41, 5.74) is 1.77. The first kappa shape index (κ1) is 23.6. The van der Waals surface area contributed by atoms with E-state index in [0.29, 0.717) is 24.6 Å². The number of carbonyl (C=O) groups is 1. The van der Waals surface area contributed by atoms with Crippen LogP contribution in [0.2, 0.25) is 0 Å². The van der Waals surface area contributed by atoms with Crippen LogP contribution in [0.3, 0.4) is 0 Å². The van der Waals surface area contributed by atoms with E-state index >= 15 is 0 Å². The fourth-order valence-electron chi connectivity index (χ4n) is 4.07. The highest BCUT2D eigenvalue weighted by atomic mass is 19.4. The minimum Gasteiger partial charge on any atom is -0.381 e. The number of alkyl halides is 4. The van der Waals surface area contributed by atoms with Crippen molar-refractivity contribution in [2.75, 3.05) is 20.4 Å². The topological polar surface area (TPSA) is 83.7 Å². The van der Waals surface area contributed by atoms with Crippen LogP contribution >= 0.6 is 0 Å². The Kier molecular flexibility index (Phi) is 6.78. The van der Waals surface area contributed by atoms with E-state index in [2.05, 4.69) is 32.1 Å². The van der Waals surface area contributed by atoms with Crippen molar-refractivity contribution in [1.29, 1.82) is 0 Å². The number of benzene rings is 1. The maximum Gasteiger partial charge on any atom is 0.434 e. The molecule has 0 atom stereocenters. The number of rotatable bonds is 4. The van der Waals surface area contributed by atoms with E-state index in [1.165, 1.54) is 23.9 Å². The second-order valence-electron chi connectivity index (χ2n) is 7.78. The van der Waals surface area contributed by atoms with Gasteiger partial charge in [-0.1, -0.05) is 6.07 Å². The molecular weight excluding hydrogens is 452 g/mol. The average molecular weight is 474 g/mol. The van der Waals surface area contributed by atoms with Crippen molar-refractivity contribution < 1.29 is 27.1 Å². The molecule has 10 heteroatoms. The number of hydrogen-bond acceptors (Lipinski definition) is 4. The molecule has 1 aliphatic heterocycles. The van der Waals surface area contributed by atoms with Crippen molar-refractivity contribution in [3.05, 3.63) is 71.2 Å². The van der Waals surface area contributed by atoms with E-state index < -0.39 is 23.2 Å². The van der Waals surface area contributed by atoms with Crippen LogP contribution in [0.25, 0.3) is 22.6 Å². The number of ether oxygens (including phenoxy) is 1. The SMILES string of the molecule is CF.O=C(c1c[nH]c(-c2nc3ccc(C4CCOCC4)cc3[nH]2)c1)c1cccnc1C(F)(F)F. The highest BCUT2D eigenvalue weighted by Gasteiger charge is 2.37. The summed E-state index contributed by atoms with van der Waals surface area (Å²) in [6.07, 6.45) is -0.366. The fraction of sp³-hybridized carbons (Fsp3) is 0.292. The molecule has 4 aromatic rings. The molecule has 3 aromatic heterocycles. The molecule has 34 heavy (non-hydrogen) atoms. The first-order valence-corrected chi connectivity index (χ1v) is 10.6. The number of halogens is 4. The van der Waals surface area contributed by atoms with Crippen molar-refractivity contribution >= 4 is 16.8 Å². The standard InChI is InChI=1S/C23H19F3N4O2.CH3F/c24-23(25,26)21-16(2-1-7-27-21)20(31)15-11-19(28-12-15)22-29-17-4-3-14(10-18(17)30-22)13-5-8-32-9-6-13;1-2/h1-4,7,10-13,28H,5-6,8-9H2,(H,29,30);1H3. The number of imidazole rings is 1. The first-order chi connectivity index (χ1) is 16.4. The molecule has 0 saturated carbocycles. The maximum absolute atomic E-state index is 13.2. The van der Waals surface area contributed by atoms with Crippen molar-refractivity contribution in [3.63, 3.8) is 0 Å². The van der Waals surface area contributed by atoms with Gasteiger partial charge in [-0.05, 0) is 54.7 Å². The van der Waals surface area contributed by atoms with Gasteiger partial charge in [-0.2, -0.15) is 13.2 Å². The van der Waals surface area contributed by atoms with E-state index in [4.69, 9.17) is 4.74 Å². The van der Waals surface area contributed by atoms with Crippen LogP contribution < -0.4 is 0 Å². The summed E-state index contributed by atoms with van der Waals surface area (Å²) < 4.78 is 54.6. The van der Waals surface area contributed by atoms with Gasteiger partial charge in [-0.15, -0.1) is 0 Å². The molecule has 0 spiro atoms. The summed E-state index contributed by atoms with van der Waals surface area (Å²) in [6.45, 7) is 1.51. The van der Waals surface area contributed by atoms with Gasteiger partial charge in [-0.3, -0.25) is 14.2 Å². The number of ketones is 1. The van der Waals surface area contributed by atoms with Crippen LogP contribution in [0.15, 0.2) is 48.8 Å². The van der Waals surface area contributed by atoms with E-state index in [1.807, 2.05) is 6.07 Å². The third-order valence-electron chi connectivity index (χ3n) is 5.72. The van der Waals surface area contributed by atoms with Gasteiger partial charge in [0.05, 0.1) is 29.5 Å². The summed E-state index contributed by atoms with van der Waals surface area (Å²) in [5.74, 6) is 0.188. The van der Waals surface area contributed by atoms with Gasteiger partial charge >= 0.3 is 6.18 Å². The minimum atomic E-state index is -4.72. The Morgan fingerprint density at radius 3 is 2.62 bits per heavy atom. The van der Waals surface area contributed by atoms with E-state index in [9.17, 15) is 22.4 Å². The molecule has 1 aromatic carbocycles. The smallest absolute Gasteiger partial charge is 0.381 e. The zero-order valence-corrected chi connectivity index (χ0v) is 18.2. The number of nitrogens with zero attached hydrogens (tertiary/aromatic N) is 2. The van der Waals surface area contributed by atoms with Crippen LogP contribution in [-0.4, -0.2) is 46.1 Å². The Morgan fingerprint density at radius 2 is 1.88 bits per heavy atom. The Bertz CT molecular complexity index is 1290. The summed E-state index contributed by atoms with van der Waals surface area (Å²) in [4.78, 5) is 26.8. The van der Waals surface area contributed by atoms with Crippen LogP contribution in [0, 0.1) is 0 Å². The second-order valence-corrected chi connectivity index (χ2v) is 7.78. The molecule has 0 amide bonds. The number of H-pyrrole nitrogens is 2. The van der Waals surface area contributed by atoms with Crippen LogP contribution in [0.5, 0.6) is 0 Å². The lowest BCUT2D eigenvalue weighted by molar-refractivity contribution is -0.141. The van der Waals surface area contributed by atoms with Crippen molar-refractivity contribution in [3.8, 4) is 11.5 Å². The van der Waals surface area contributed by atoms with Gasteiger partial charge in [0.2, 0.25) is 0 Å². The molecule has 4 heterocycles. The fourth-order valence-corrected chi connectivity index (χ4v) is 4.07. The van der Waals surface area contributed by atoms with Gasteiger partial charge in [0.1, 0.15) is 0 Å². The highest BCUT2D eigenvalue weighted by Crippen LogP contribution is 2.32. The summed E-state index contributed by atoms with van der Waals surface area (Å²) in [5, 5.41) is 0. The number of aromatic amines is 2. The lowest BCUT2D eigenvalue weighted by Crippen LogP contribution is -2.15. The van der Waals surface area contributed by atoms with Crippen molar-refractivity contribution in [1.82, 2.24) is 19.9 Å². The maximum atomic E-state index is 13.2. The number of fused-ring (bicyclic) bond motifs is 1. The number of pyridine rings is 1. The second kappa shape index (κ2) is 9.76. The number of carbonyl (C=O) groups excluding carboxylic acids is 1. The van der Waals surface area contributed by atoms with E-state index in [-0.39, 0.29) is 5.56 Å². The summed E-state index contributed by atoms with van der Waals surface area (Å²) >= 11 is 0. The zero-order chi connectivity index (χ0) is 24.3. The molecule has 178 valence electrons. The molecule has 0 aliphatic carbocycles. The predicted octanol–water partition coefficient (Wildman–Crippen LogP) is 5.68. The monoisotopic (exact) mass is 474 g/mol. The van der Waals surface area contributed by atoms with Crippen molar-refractivity contribution in [2.45, 2.75) is 24.9 Å². The molecule has 1 saturated heterocycles. The molecular formula is C24H22F4N4O2. The highest BCUT2D eigenvalue weighted by molar-refractivity contribution is 6.10. The predicted molar refractivity (Wildman–Crippen MR) is 118 cm³/mol. The third-order valence-corrected chi connectivity index (χ3v) is 5.72. The number of aromatic nitrogens is 4. The van der Waals surface area contributed by atoms with Gasteiger partial charge < -0.3 is 14.7 Å². The Balaban J connectivity index is 0.00000133. The van der Waals surface area contributed by atoms with Gasteiger partial charge in [-0.25, -0.2) is 4.98 Å². The molecule has 2 N–H and O–H groups in total. The molecule has 0 radical (unpaired) electrons. The van der Waals surface area contributed by atoms with Crippen LogP contribution in [0.4, 0.5) is 17.6 Å². The third kappa shape index (κ3) is 4.72. The largest absolute Gasteiger partial charge is 0.434 e. The molecule has 6 nitrogen and oxygen atoms in total. The summed E-state index contributed by atoms with van der Waals surface area (Å²) in [7, 11) is 0.500. The number of hydrogen-bond donors (Lipinski definition) is 2. The quantitative estimate of drug-likeness (QED) is 0.294. The van der Waals surface area contributed by atoms with E-state index in [1.54, 1.807) is 0 Å². The normalized spacial score (nSPS) is 14.6. The number of nitrogens with one attached hydrogen (secondary N) is 2. The van der Waals surface area contributed by atoms with Gasteiger partial charge in [0.25, 0.3) is 0 Å². The van der Waals surface area contributed by atoms with Gasteiger partial charge in [0, 0.05) is 31.2 Å². The Labute approximate surface area is 192 Å². The lowest BCUT2D eigenvalue weighted by Gasteiger charge is -2.22. The molecule has 5 rings (SSSR count). The van der Waals surface area contributed by atoms with Crippen LogP contribution in [0.1, 0.15) is 45.9 Å². The lowest BCUT2D eigenvalue weighted by atomic mass is 9.91. The molecule has 1 aliphatic rings. The summed E-state index contributed by atoms with van der Waals surface area (Å²) in [6, 6.07) is 10.0. The molecule has 0 bridgehead atoms. The van der Waals surface area contributed by atoms with Crippen LogP contribution in [-0.2, 0) is 10.9 Å². The Hall–Kier alpha value is -3.53. The first-order valence-electron chi connectivity index (χ1n) is 10.6. The van der Waals surface area contributed by atoms with E-state index in [0.717, 1.165) is 49.4 Å². The Morgan fingerprint density at radius 1 is 1.12 bits per heavy atom. The molecule has 1 fully saturated rings. The molecule has 0 unspecified atom stereocenters. The minimum absolute atomic E-state index is 0.0989. The average Bonchev–Trinajstić information content (AvgIpc) is 3.52.